The minimum atomic E-state index is 0.175. The van der Waals surface area contributed by atoms with E-state index in [1.807, 2.05) is 0 Å². The Morgan fingerprint density at radius 2 is 1.42 bits per heavy atom. The van der Waals surface area contributed by atoms with Crippen molar-refractivity contribution >= 4 is 6.71 Å². The van der Waals surface area contributed by atoms with Crippen LogP contribution < -0.4 is 0 Å². The maximum absolute atomic E-state index is 2.66. The van der Waals surface area contributed by atoms with Crippen molar-refractivity contribution < 1.29 is 0 Å². The molecule has 0 saturated heterocycles. The molecule has 0 bridgehead atoms. The fraction of sp³-hybridized carbons (Fsp3) is 0.750. The monoisotopic (exact) mass is 262 g/mol. The van der Waals surface area contributed by atoms with E-state index in [0.29, 0.717) is 6.71 Å². The second-order valence-electron chi connectivity index (χ2n) is 5.23. The van der Waals surface area contributed by atoms with E-state index >= 15 is 0 Å². The zero-order valence-corrected chi connectivity index (χ0v) is 13.5. The Balaban J connectivity index is 3.18. The first-order valence-electron chi connectivity index (χ1n) is 8.04. The third kappa shape index (κ3) is 3.14. The molecule has 1 aliphatic heterocycles. The summed E-state index contributed by atoms with van der Waals surface area (Å²) in [5, 5.41) is 0. The first-order chi connectivity index (χ1) is 9.20. The van der Waals surface area contributed by atoms with Crippen LogP contribution in [0.5, 0.6) is 0 Å². The molecule has 0 aromatic heterocycles. The van der Waals surface area contributed by atoms with Gasteiger partial charge in [0.2, 0.25) is 6.71 Å². The number of nitrogens with zero attached hydrogens (tertiary/aromatic N) is 2. The van der Waals surface area contributed by atoms with Gasteiger partial charge in [-0.25, -0.2) is 0 Å². The van der Waals surface area contributed by atoms with Gasteiger partial charge in [-0.05, 0) is 38.9 Å². The van der Waals surface area contributed by atoms with Gasteiger partial charge in [-0.1, -0.05) is 52.8 Å². The average molecular weight is 262 g/mol. The molecule has 3 heteroatoms. The highest BCUT2D eigenvalue weighted by atomic mass is 15.4. The summed E-state index contributed by atoms with van der Waals surface area (Å²) in [5.74, 6) is 2.42. The van der Waals surface area contributed by atoms with Crippen LogP contribution in [0.1, 0.15) is 41.0 Å². The van der Waals surface area contributed by atoms with Crippen LogP contribution in [0.4, 0.5) is 0 Å². The van der Waals surface area contributed by atoms with Gasteiger partial charge in [0.05, 0.1) is 5.56 Å². The maximum Gasteiger partial charge on any atom is 0.212 e. The standard InChI is InChI=1S/C16H31BN2/c1-6-16(18(7-2)8-3,19(9-4)10-5)17-14-12-11-13-15-17/h11-14H,6-10,15H2,1-5H3. The van der Waals surface area contributed by atoms with Gasteiger partial charge in [0.1, 0.15) is 0 Å². The molecule has 1 rings (SSSR count). The van der Waals surface area contributed by atoms with E-state index < -0.39 is 0 Å². The van der Waals surface area contributed by atoms with E-state index in [9.17, 15) is 0 Å². The van der Waals surface area contributed by atoms with E-state index in [1.165, 1.54) is 6.42 Å². The Bertz CT molecular complexity index is 292. The summed E-state index contributed by atoms with van der Waals surface area (Å²) in [7, 11) is 0. The third-order valence-electron chi connectivity index (χ3n) is 4.72. The van der Waals surface area contributed by atoms with Crippen molar-refractivity contribution in [3.63, 3.8) is 0 Å². The first kappa shape index (κ1) is 16.5. The quantitative estimate of drug-likeness (QED) is 0.488. The highest BCUT2D eigenvalue weighted by Crippen LogP contribution is 2.31. The summed E-state index contributed by atoms with van der Waals surface area (Å²) in [4.78, 5) is 5.32. The molecule has 19 heavy (non-hydrogen) atoms. The fourth-order valence-corrected chi connectivity index (χ4v) is 3.84. The summed E-state index contributed by atoms with van der Waals surface area (Å²) in [6.07, 6.45) is 9.07. The lowest BCUT2D eigenvalue weighted by Gasteiger charge is -2.53. The van der Waals surface area contributed by atoms with E-state index in [2.05, 4.69) is 68.6 Å². The predicted molar refractivity (Wildman–Crippen MR) is 87.7 cm³/mol. The third-order valence-corrected chi connectivity index (χ3v) is 4.72. The van der Waals surface area contributed by atoms with Crippen LogP contribution in [0.2, 0.25) is 6.32 Å². The molecular weight excluding hydrogens is 231 g/mol. The molecule has 0 unspecified atom stereocenters. The first-order valence-corrected chi connectivity index (χ1v) is 8.04. The summed E-state index contributed by atoms with van der Waals surface area (Å²) < 4.78 is 0. The van der Waals surface area contributed by atoms with E-state index in [0.717, 1.165) is 32.5 Å². The highest BCUT2D eigenvalue weighted by Gasteiger charge is 2.45. The van der Waals surface area contributed by atoms with Gasteiger partial charge in [0.25, 0.3) is 0 Å². The molecule has 0 fully saturated rings. The Morgan fingerprint density at radius 3 is 1.74 bits per heavy atom. The van der Waals surface area contributed by atoms with E-state index in [-0.39, 0.29) is 5.56 Å². The molecule has 0 N–H and O–H groups in total. The zero-order chi connectivity index (χ0) is 14.3. The molecule has 0 saturated carbocycles. The SMILES string of the molecule is CCN(CC)C(CC)(B1C=CC=CC1)N(CC)CC. The number of allylic oxidation sites excluding steroid dienone is 3. The Hall–Kier alpha value is -0.535. The van der Waals surface area contributed by atoms with Crippen LogP contribution in [0.15, 0.2) is 24.2 Å². The van der Waals surface area contributed by atoms with Crippen LogP contribution in [0.25, 0.3) is 0 Å². The largest absolute Gasteiger partial charge is 0.292 e. The summed E-state index contributed by atoms with van der Waals surface area (Å²) >= 11 is 0. The molecule has 2 nitrogen and oxygen atoms in total. The van der Waals surface area contributed by atoms with Gasteiger partial charge in [-0.15, -0.1) is 5.98 Å². The fourth-order valence-electron chi connectivity index (χ4n) is 3.84. The van der Waals surface area contributed by atoms with E-state index in [4.69, 9.17) is 0 Å². The van der Waals surface area contributed by atoms with Crippen molar-refractivity contribution in [2.24, 2.45) is 0 Å². The smallest absolute Gasteiger partial charge is 0.212 e. The molecule has 0 amide bonds. The van der Waals surface area contributed by atoms with Gasteiger partial charge >= 0.3 is 0 Å². The van der Waals surface area contributed by atoms with E-state index in [1.54, 1.807) is 0 Å². The second-order valence-corrected chi connectivity index (χ2v) is 5.23. The molecule has 0 aromatic carbocycles. The van der Waals surface area contributed by atoms with Gasteiger partial charge < -0.3 is 0 Å². The predicted octanol–water partition coefficient (Wildman–Crippen LogP) is 3.48. The lowest BCUT2D eigenvalue weighted by molar-refractivity contribution is 0.00960. The number of rotatable bonds is 8. The molecule has 108 valence electrons. The van der Waals surface area contributed by atoms with Gasteiger partial charge in [0, 0.05) is 0 Å². The van der Waals surface area contributed by atoms with Crippen LogP contribution in [-0.4, -0.2) is 48.3 Å². The maximum atomic E-state index is 2.66. The lowest BCUT2D eigenvalue weighted by Crippen LogP contribution is -2.68. The molecular formula is C16H31BN2. The molecule has 0 aromatic rings. The highest BCUT2D eigenvalue weighted by molar-refractivity contribution is 6.68. The minimum Gasteiger partial charge on any atom is -0.292 e. The Morgan fingerprint density at radius 1 is 0.895 bits per heavy atom. The minimum absolute atomic E-state index is 0.175. The second kappa shape index (κ2) is 7.91. The molecule has 1 heterocycles. The van der Waals surface area contributed by atoms with Gasteiger partial charge in [-0.3, -0.25) is 9.80 Å². The van der Waals surface area contributed by atoms with Crippen LogP contribution in [0, 0.1) is 0 Å². The normalized spacial score (nSPS) is 15.8. The van der Waals surface area contributed by atoms with Crippen molar-refractivity contribution in [3.05, 3.63) is 24.2 Å². The molecule has 0 atom stereocenters. The summed E-state index contributed by atoms with van der Waals surface area (Å²) in [6, 6.07) is 0. The zero-order valence-electron chi connectivity index (χ0n) is 13.5. The summed E-state index contributed by atoms with van der Waals surface area (Å²) in [6.45, 7) is 16.6. The van der Waals surface area contributed by atoms with Crippen LogP contribution in [0.3, 0.4) is 0 Å². The molecule has 0 radical (unpaired) electrons. The van der Waals surface area contributed by atoms with Crippen molar-refractivity contribution in [2.45, 2.75) is 52.9 Å². The van der Waals surface area contributed by atoms with Crippen LogP contribution in [-0.2, 0) is 0 Å². The van der Waals surface area contributed by atoms with Crippen molar-refractivity contribution in [1.29, 1.82) is 0 Å². The lowest BCUT2D eigenvalue weighted by atomic mass is 9.35. The van der Waals surface area contributed by atoms with Crippen molar-refractivity contribution in [2.75, 3.05) is 26.2 Å². The molecule has 1 aliphatic rings. The number of hydrogen-bond donors (Lipinski definition) is 0. The summed E-state index contributed by atoms with van der Waals surface area (Å²) in [5.41, 5.74) is 0.175. The van der Waals surface area contributed by atoms with Gasteiger partial charge in [0.15, 0.2) is 0 Å². The molecule has 0 aliphatic carbocycles. The Labute approximate surface area is 120 Å². The topological polar surface area (TPSA) is 6.48 Å². The van der Waals surface area contributed by atoms with Gasteiger partial charge in [-0.2, -0.15) is 0 Å². The Kier molecular flexibility index (Phi) is 6.88. The van der Waals surface area contributed by atoms with Crippen LogP contribution >= 0.6 is 0 Å². The average Bonchev–Trinajstić information content (AvgIpc) is 2.48. The number of hydrogen-bond acceptors (Lipinski definition) is 2. The van der Waals surface area contributed by atoms with Crippen molar-refractivity contribution in [3.8, 4) is 0 Å². The molecule has 0 spiro atoms. The van der Waals surface area contributed by atoms with Crippen molar-refractivity contribution in [1.82, 2.24) is 9.80 Å².